The summed E-state index contributed by atoms with van der Waals surface area (Å²) in [4.78, 5) is 19.9. The minimum Gasteiger partial charge on any atom is -0.399 e. The van der Waals surface area contributed by atoms with E-state index < -0.39 is 10.0 Å². The molecule has 0 atom stereocenters. The molecule has 1 saturated heterocycles. The van der Waals surface area contributed by atoms with Crippen molar-refractivity contribution in [3.05, 3.63) is 42.7 Å². The van der Waals surface area contributed by atoms with Gasteiger partial charge in [0.15, 0.2) is 0 Å². The van der Waals surface area contributed by atoms with Crippen LogP contribution in [0.3, 0.4) is 0 Å². The summed E-state index contributed by atoms with van der Waals surface area (Å²) in [5.74, 6) is 0.323. The van der Waals surface area contributed by atoms with Gasteiger partial charge in [0.1, 0.15) is 0 Å². The van der Waals surface area contributed by atoms with E-state index >= 15 is 0 Å². The fourth-order valence-corrected chi connectivity index (χ4v) is 2.92. The van der Waals surface area contributed by atoms with E-state index in [1.165, 1.54) is 36.7 Å². The van der Waals surface area contributed by atoms with Gasteiger partial charge in [-0.05, 0) is 36.8 Å². The topological polar surface area (TPSA) is 118 Å². The van der Waals surface area contributed by atoms with Crippen LogP contribution in [0, 0.1) is 0 Å². The third-order valence-corrected chi connectivity index (χ3v) is 4.64. The molecule has 24 heavy (non-hydrogen) atoms. The van der Waals surface area contributed by atoms with E-state index in [0.29, 0.717) is 11.6 Å². The van der Waals surface area contributed by atoms with E-state index in [1.807, 2.05) is 7.05 Å². The monoisotopic (exact) mass is 349 g/mol. The number of rotatable bonds is 3. The minimum atomic E-state index is -3.66. The quantitative estimate of drug-likeness (QED) is 0.801. The maximum absolute atomic E-state index is 11.9. The molecule has 3 rings (SSSR count). The first-order valence-electron chi connectivity index (χ1n) is 7.28. The molecule has 1 fully saturated rings. The Morgan fingerprint density at radius 3 is 2.25 bits per heavy atom. The van der Waals surface area contributed by atoms with Crippen molar-refractivity contribution in [3.63, 3.8) is 0 Å². The molecule has 0 bridgehead atoms. The first-order valence-corrected chi connectivity index (χ1v) is 8.76. The average molecular weight is 349 g/mol. The summed E-state index contributed by atoms with van der Waals surface area (Å²) in [6, 6.07) is 7.46. The molecule has 0 unspecified atom stereocenters. The number of sulfonamides is 1. The van der Waals surface area contributed by atoms with Gasteiger partial charge in [-0.2, -0.15) is 0 Å². The summed E-state index contributed by atoms with van der Waals surface area (Å²) in [5, 5.41) is 0. The zero-order valence-electron chi connectivity index (χ0n) is 13.2. The molecule has 8 nitrogen and oxygen atoms in total. The second-order valence-electron chi connectivity index (χ2n) is 5.17. The number of hydrogen-bond acceptors (Lipinski definition) is 6. The number of benzene rings is 1. The van der Waals surface area contributed by atoms with Crippen molar-refractivity contribution in [3.8, 4) is 0 Å². The normalized spacial score (nSPS) is 14.0. The number of carbonyl (C=O) groups is 1. The molecule has 9 heteroatoms. The number of amides is 1. The maximum atomic E-state index is 11.9. The number of nitrogens with one attached hydrogen (secondary N) is 1. The summed E-state index contributed by atoms with van der Waals surface area (Å²) in [6.45, 7) is 0.957. The highest BCUT2D eigenvalue weighted by molar-refractivity contribution is 7.92. The van der Waals surface area contributed by atoms with E-state index in [4.69, 9.17) is 5.73 Å². The van der Waals surface area contributed by atoms with E-state index in [-0.39, 0.29) is 10.8 Å². The highest BCUT2D eigenvalue weighted by atomic mass is 32.2. The van der Waals surface area contributed by atoms with Crippen LogP contribution in [0.15, 0.2) is 47.6 Å². The molecule has 2 aromatic rings. The summed E-state index contributed by atoms with van der Waals surface area (Å²) < 4.78 is 26.0. The molecule has 2 heterocycles. The fourth-order valence-electron chi connectivity index (χ4n) is 1.96. The smallest absolute Gasteiger partial charge is 0.264 e. The van der Waals surface area contributed by atoms with Gasteiger partial charge in [-0.1, -0.05) is 0 Å². The molecule has 128 valence electrons. The van der Waals surface area contributed by atoms with Crippen LogP contribution in [0.2, 0.25) is 0 Å². The van der Waals surface area contributed by atoms with Gasteiger partial charge in [0.25, 0.3) is 10.0 Å². The van der Waals surface area contributed by atoms with Gasteiger partial charge in [-0.25, -0.2) is 23.1 Å². The Morgan fingerprint density at radius 1 is 1.17 bits per heavy atom. The molecule has 0 radical (unpaired) electrons. The maximum Gasteiger partial charge on any atom is 0.264 e. The second kappa shape index (κ2) is 7.73. The molecule has 3 N–H and O–H groups in total. The average Bonchev–Trinajstić information content (AvgIpc) is 2.92. The van der Waals surface area contributed by atoms with Crippen molar-refractivity contribution < 1.29 is 13.2 Å². The lowest BCUT2D eigenvalue weighted by Crippen LogP contribution is -2.17. The van der Waals surface area contributed by atoms with Crippen LogP contribution in [0.25, 0.3) is 0 Å². The Hall–Kier alpha value is -2.68. The van der Waals surface area contributed by atoms with Crippen LogP contribution in [0.1, 0.15) is 12.8 Å². The molecule has 0 saturated carbocycles. The van der Waals surface area contributed by atoms with E-state index in [1.54, 1.807) is 11.0 Å². The Bertz CT molecular complexity index is 779. The summed E-state index contributed by atoms with van der Waals surface area (Å²) in [5.41, 5.74) is 5.98. The molecule has 0 spiro atoms. The van der Waals surface area contributed by atoms with E-state index in [2.05, 4.69) is 14.7 Å². The minimum absolute atomic E-state index is 0.0318. The number of aromatic nitrogens is 2. The largest absolute Gasteiger partial charge is 0.399 e. The van der Waals surface area contributed by atoms with Gasteiger partial charge in [-0.15, -0.1) is 0 Å². The molecule has 1 aromatic carbocycles. The van der Waals surface area contributed by atoms with Crippen molar-refractivity contribution in [2.75, 3.05) is 24.0 Å². The van der Waals surface area contributed by atoms with Gasteiger partial charge >= 0.3 is 0 Å². The van der Waals surface area contributed by atoms with Gasteiger partial charge in [0, 0.05) is 38.1 Å². The third kappa shape index (κ3) is 4.92. The zero-order valence-corrected chi connectivity index (χ0v) is 14.0. The van der Waals surface area contributed by atoms with Crippen LogP contribution >= 0.6 is 0 Å². The summed E-state index contributed by atoms with van der Waals surface area (Å²) >= 11 is 0. The number of nitrogens with zero attached hydrogens (tertiary/aromatic N) is 3. The number of anilines is 2. The molecule has 1 aliphatic heterocycles. The van der Waals surface area contributed by atoms with Crippen molar-refractivity contribution in [1.82, 2.24) is 14.9 Å². The molecule has 1 aliphatic rings. The van der Waals surface area contributed by atoms with E-state index in [9.17, 15) is 13.2 Å². The first kappa shape index (κ1) is 17.7. The highest BCUT2D eigenvalue weighted by Crippen LogP contribution is 2.14. The molecule has 0 aliphatic carbocycles. The first-order chi connectivity index (χ1) is 11.4. The van der Waals surface area contributed by atoms with Gasteiger partial charge < -0.3 is 10.6 Å². The van der Waals surface area contributed by atoms with Gasteiger partial charge in [-0.3, -0.25) is 4.79 Å². The number of hydrogen-bond donors (Lipinski definition) is 2. The second-order valence-corrected chi connectivity index (χ2v) is 6.85. The Balaban J connectivity index is 0.000000249. The predicted octanol–water partition coefficient (Wildman–Crippen LogP) is 1.10. The van der Waals surface area contributed by atoms with Crippen LogP contribution in [0.4, 0.5) is 11.6 Å². The summed E-state index contributed by atoms with van der Waals surface area (Å²) in [6.07, 6.45) is 4.72. The summed E-state index contributed by atoms with van der Waals surface area (Å²) in [7, 11) is -1.82. The van der Waals surface area contributed by atoms with Crippen LogP contribution in [0.5, 0.6) is 0 Å². The zero-order chi connectivity index (χ0) is 17.6. The number of nitrogens with two attached hydrogens (primary N) is 1. The standard InChI is InChI=1S/C10H10N4O2S.C5H9NO/c11-8-2-4-9(5-3-8)17(15,16)14-10-12-6-1-7-13-10;1-6-4-2-3-5(6)7/h1-7H,11H2,(H,12,13,14);2-4H2,1H3. The Labute approximate surface area is 140 Å². The van der Waals surface area contributed by atoms with Gasteiger partial charge in [0.2, 0.25) is 11.9 Å². The molecular formula is C15H19N5O3S. The van der Waals surface area contributed by atoms with E-state index in [0.717, 1.165) is 19.4 Å². The van der Waals surface area contributed by atoms with Crippen molar-refractivity contribution in [2.24, 2.45) is 0 Å². The van der Waals surface area contributed by atoms with Gasteiger partial charge in [0.05, 0.1) is 4.90 Å². The predicted molar refractivity (Wildman–Crippen MR) is 90.6 cm³/mol. The lowest BCUT2D eigenvalue weighted by molar-refractivity contribution is -0.126. The Kier molecular flexibility index (Phi) is 5.69. The van der Waals surface area contributed by atoms with Crippen molar-refractivity contribution >= 4 is 27.6 Å². The number of carbonyl (C=O) groups excluding carboxylic acids is 1. The highest BCUT2D eigenvalue weighted by Gasteiger charge is 2.15. The molecule has 1 aromatic heterocycles. The van der Waals surface area contributed by atoms with Crippen molar-refractivity contribution in [2.45, 2.75) is 17.7 Å². The third-order valence-electron chi connectivity index (χ3n) is 3.29. The Morgan fingerprint density at radius 2 is 1.79 bits per heavy atom. The lowest BCUT2D eigenvalue weighted by Gasteiger charge is -2.05. The van der Waals surface area contributed by atoms with Crippen molar-refractivity contribution in [1.29, 1.82) is 0 Å². The number of likely N-dealkylation sites (tertiary alicyclic amines) is 1. The number of nitrogen functional groups attached to an aromatic ring is 1. The lowest BCUT2D eigenvalue weighted by atomic mass is 10.3. The molecule has 1 amide bonds. The fraction of sp³-hybridized carbons (Fsp3) is 0.267. The molecular weight excluding hydrogens is 330 g/mol. The van der Waals surface area contributed by atoms with Crippen LogP contribution in [-0.4, -0.2) is 42.8 Å². The van der Waals surface area contributed by atoms with Crippen LogP contribution in [-0.2, 0) is 14.8 Å². The van der Waals surface area contributed by atoms with Crippen LogP contribution < -0.4 is 10.5 Å². The SMILES string of the molecule is CN1CCCC1=O.Nc1ccc(S(=O)(=O)Nc2ncccn2)cc1.